The van der Waals surface area contributed by atoms with Gasteiger partial charge in [0.1, 0.15) is 5.69 Å². The van der Waals surface area contributed by atoms with E-state index in [1.54, 1.807) is 18.3 Å². The Balaban J connectivity index is 1.85. The Hall–Kier alpha value is -0.940. The van der Waals surface area contributed by atoms with Gasteiger partial charge in [-0.1, -0.05) is 13.3 Å². The van der Waals surface area contributed by atoms with Crippen molar-refractivity contribution in [2.45, 2.75) is 44.6 Å². The molecule has 1 fully saturated rings. The lowest BCUT2D eigenvalue weighted by atomic mass is 9.78. The number of rotatable bonds is 4. The van der Waals surface area contributed by atoms with E-state index in [-0.39, 0.29) is 5.91 Å². The van der Waals surface area contributed by atoms with E-state index in [1.807, 2.05) is 0 Å². The summed E-state index contributed by atoms with van der Waals surface area (Å²) in [6.07, 6.45) is 6.37. The van der Waals surface area contributed by atoms with Crippen molar-refractivity contribution in [1.29, 1.82) is 0 Å². The number of carbonyl (C=O) groups is 1. The number of hydrogen-bond donors (Lipinski definition) is 2. The molecule has 2 N–H and O–H groups in total. The number of pyridine rings is 1. The van der Waals surface area contributed by atoms with Crippen LogP contribution in [0, 0.1) is 5.92 Å². The van der Waals surface area contributed by atoms with Gasteiger partial charge in [-0.05, 0) is 59.7 Å². The maximum atomic E-state index is 12.0. The van der Waals surface area contributed by atoms with Crippen molar-refractivity contribution in [3.05, 3.63) is 28.5 Å². The highest BCUT2D eigenvalue weighted by molar-refractivity contribution is 9.10. The largest absolute Gasteiger partial charge is 0.388 e. The first kappa shape index (κ1) is 15.4. The highest BCUT2D eigenvalue weighted by Crippen LogP contribution is 2.33. The molecule has 0 unspecified atom stereocenters. The van der Waals surface area contributed by atoms with Gasteiger partial charge in [0.25, 0.3) is 5.91 Å². The van der Waals surface area contributed by atoms with Crippen LogP contribution >= 0.6 is 15.9 Å². The normalized spacial score (nSPS) is 26.2. The topological polar surface area (TPSA) is 62.2 Å². The summed E-state index contributed by atoms with van der Waals surface area (Å²) in [6.45, 7) is 2.50. The molecule has 1 aromatic rings. The first-order valence-corrected chi connectivity index (χ1v) is 7.94. The van der Waals surface area contributed by atoms with Crippen molar-refractivity contribution in [3.63, 3.8) is 0 Å². The zero-order chi connectivity index (χ0) is 14.6. The maximum Gasteiger partial charge on any atom is 0.269 e. The Kier molecular flexibility index (Phi) is 5.16. The minimum atomic E-state index is -0.753. The molecule has 0 bridgehead atoms. The predicted molar refractivity (Wildman–Crippen MR) is 81.5 cm³/mol. The zero-order valence-corrected chi connectivity index (χ0v) is 13.3. The number of aromatic nitrogens is 1. The molecule has 1 heterocycles. The van der Waals surface area contributed by atoms with Crippen LogP contribution in [0.3, 0.4) is 0 Å². The van der Waals surface area contributed by atoms with E-state index < -0.39 is 5.60 Å². The highest BCUT2D eigenvalue weighted by atomic mass is 79.9. The van der Waals surface area contributed by atoms with E-state index in [1.165, 1.54) is 6.42 Å². The molecule has 1 aromatic heterocycles. The molecule has 0 aromatic carbocycles. The first-order valence-electron chi connectivity index (χ1n) is 7.14. The average molecular weight is 341 g/mol. The summed E-state index contributed by atoms with van der Waals surface area (Å²) in [7, 11) is 0. The van der Waals surface area contributed by atoms with Gasteiger partial charge in [-0.25, -0.2) is 4.98 Å². The lowest BCUT2D eigenvalue weighted by molar-refractivity contribution is -0.00790. The molecule has 0 saturated heterocycles. The second-order valence-corrected chi connectivity index (χ2v) is 6.54. The van der Waals surface area contributed by atoms with Gasteiger partial charge in [0.15, 0.2) is 0 Å². The van der Waals surface area contributed by atoms with Gasteiger partial charge >= 0.3 is 0 Å². The Morgan fingerprint density at radius 1 is 1.50 bits per heavy atom. The Morgan fingerprint density at radius 2 is 2.20 bits per heavy atom. The molecular formula is C15H21BrN2O2. The van der Waals surface area contributed by atoms with Crippen LogP contribution in [-0.4, -0.2) is 28.1 Å². The number of carbonyl (C=O) groups excluding carboxylic acids is 1. The van der Waals surface area contributed by atoms with Gasteiger partial charge in [-0.2, -0.15) is 0 Å². The molecule has 1 saturated carbocycles. The number of nitrogens with zero attached hydrogens (tertiary/aromatic N) is 1. The van der Waals surface area contributed by atoms with Gasteiger partial charge in [0, 0.05) is 17.2 Å². The molecule has 0 aliphatic heterocycles. The minimum Gasteiger partial charge on any atom is -0.388 e. The fourth-order valence-electron chi connectivity index (χ4n) is 2.65. The van der Waals surface area contributed by atoms with E-state index >= 15 is 0 Å². The summed E-state index contributed by atoms with van der Waals surface area (Å²) >= 11 is 3.28. The molecule has 0 radical (unpaired) electrons. The molecule has 0 atom stereocenters. The van der Waals surface area contributed by atoms with Crippen molar-refractivity contribution in [1.82, 2.24) is 10.3 Å². The lowest BCUT2D eigenvalue weighted by Gasteiger charge is -2.35. The van der Waals surface area contributed by atoms with Crippen LogP contribution in [0.15, 0.2) is 22.8 Å². The maximum absolute atomic E-state index is 12.0. The third-order valence-electron chi connectivity index (χ3n) is 4.15. The SMILES string of the molecule is CCC1CCC(O)(CNC(=O)c2ccc(Br)cn2)CC1. The van der Waals surface area contributed by atoms with Gasteiger partial charge < -0.3 is 10.4 Å². The van der Waals surface area contributed by atoms with Crippen LogP contribution in [0.1, 0.15) is 49.5 Å². The second kappa shape index (κ2) is 6.68. The summed E-state index contributed by atoms with van der Waals surface area (Å²) in [5.74, 6) is 0.489. The third kappa shape index (κ3) is 4.03. The molecule has 110 valence electrons. The molecule has 5 heteroatoms. The number of amides is 1. The van der Waals surface area contributed by atoms with Crippen LogP contribution < -0.4 is 5.32 Å². The molecule has 1 amide bonds. The summed E-state index contributed by atoms with van der Waals surface area (Å²) in [5.41, 5.74) is -0.379. The van der Waals surface area contributed by atoms with Gasteiger partial charge in [0.05, 0.1) is 5.60 Å². The van der Waals surface area contributed by atoms with Crippen molar-refractivity contribution >= 4 is 21.8 Å². The van der Waals surface area contributed by atoms with Crippen LogP contribution in [0.4, 0.5) is 0 Å². The highest BCUT2D eigenvalue weighted by Gasteiger charge is 2.32. The van der Waals surface area contributed by atoms with Crippen LogP contribution in [0.25, 0.3) is 0 Å². The number of nitrogens with one attached hydrogen (secondary N) is 1. The van der Waals surface area contributed by atoms with Crippen LogP contribution in [0.2, 0.25) is 0 Å². The first-order chi connectivity index (χ1) is 9.52. The van der Waals surface area contributed by atoms with Gasteiger partial charge in [-0.15, -0.1) is 0 Å². The van der Waals surface area contributed by atoms with E-state index in [2.05, 4.69) is 33.2 Å². The number of halogens is 1. The van der Waals surface area contributed by atoms with Crippen molar-refractivity contribution < 1.29 is 9.90 Å². The zero-order valence-electron chi connectivity index (χ0n) is 11.7. The summed E-state index contributed by atoms with van der Waals surface area (Å²) in [6, 6.07) is 3.44. The molecule has 2 rings (SSSR count). The number of hydrogen-bond acceptors (Lipinski definition) is 3. The van der Waals surface area contributed by atoms with E-state index in [9.17, 15) is 9.90 Å². The monoisotopic (exact) mass is 340 g/mol. The number of aliphatic hydroxyl groups is 1. The lowest BCUT2D eigenvalue weighted by Crippen LogP contribution is -2.45. The van der Waals surface area contributed by atoms with Gasteiger partial charge in [-0.3, -0.25) is 4.79 Å². The fourth-order valence-corrected chi connectivity index (χ4v) is 2.88. The summed E-state index contributed by atoms with van der Waals surface area (Å²) in [4.78, 5) is 16.0. The van der Waals surface area contributed by atoms with Crippen molar-refractivity contribution in [2.75, 3.05) is 6.54 Å². The quantitative estimate of drug-likeness (QED) is 0.885. The third-order valence-corrected chi connectivity index (χ3v) is 4.62. The van der Waals surface area contributed by atoms with E-state index in [0.717, 1.165) is 36.1 Å². The summed E-state index contributed by atoms with van der Waals surface area (Å²) in [5, 5.41) is 13.3. The van der Waals surface area contributed by atoms with Crippen LogP contribution in [-0.2, 0) is 0 Å². The van der Waals surface area contributed by atoms with Crippen molar-refractivity contribution in [2.24, 2.45) is 5.92 Å². The van der Waals surface area contributed by atoms with Crippen molar-refractivity contribution in [3.8, 4) is 0 Å². The molecule has 1 aliphatic carbocycles. The fraction of sp³-hybridized carbons (Fsp3) is 0.600. The second-order valence-electron chi connectivity index (χ2n) is 5.62. The van der Waals surface area contributed by atoms with Gasteiger partial charge in [0.2, 0.25) is 0 Å². The molecular weight excluding hydrogens is 320 g/mol. The molecule has 20 heavy (non-hydrogen) atoms. The van der Waals surface area contributed by atoms with Crippen LogP contribution in [0.5, 0.6) is 0 Å². The standard InChI is InChI=1S/C15H21BrN2O2/c1-2-11-5-7-15(20,8-6-11)10-18-14(19)13-4-3-12(16)9-17-13/h3-4,9,11,20H,2,5-8,10H2,1H3,(H,18,19). The molecule has 1 aliphatic rings. The predicted octanol–water partition coefficient (Wildman–Crippen LogP) is 2.91. The minimum absolute atomic E-state index is 0.233. The van der Waals surface area contributed by atoms with E-state index in [0.29, 0.717) is 12.2 Å². The molecule has 4 nitrogen and oxygen atoms in total. The Labute approximate surface area is 128 Å². The Bertz CT molecular complexity index is 453. The average Bonchev–Trinajstić information content (AvgIpc) is 2.46. The molecule has 0 spiro atoms. The summed E-state index contributed by atoms with van der Waals surface area (Å²) < 4.78 is 0.838. The Morgan fingerprint density at radius 3 is 2.75 bits per heavy atom. The van der Waals surface area contributed by atoms with E-state index in [4.69, 9.17) is 0 Å². The smallest absolute Gasteiger partial charge is 0.269 e.